The maximum atomic E-state index is 11.9. The highest BCUT2D eigenvalue weighted by molar-refractivity contribution is 7.84. The smallest absolute Gasteiger partial charge is 0.227 e. The topological polar surface area (TPSA) is 67.4 Å². The molecule has 0 bridgehead atoms. The van der Waals surface area contributed by atoms with E-state index < -0.39 is 10.8 Å². The van der Waals surface area contributed by atoms with Crippen molar-refractivity contribution in [1.82, 2.24) is 10.6 Å². The molecule has 3 atom stereocenters. The van der Waals surface area contributed by atoms with E-state index in [-0.39, 0.29) is 17.9 Å². The Morgan fingerprint density at radius 3 is 2.82 bits per heavy atom. The molecule has 1 heterocycles. The lowest BCUT2D eigenvalue weighted by Gasteiger charge is -2.17. The van der Waals surface area contributed by atoms with Crippen LogP contribution in [0.2, 0.25) is 0 Å². The Morgan fingerprint density at radius 2 is 2.18 bits per heavy atom. The van der Waals surface area contributed by atoms with Gasteiger partial charge in [0, 0.05) is 34.9 Å². The first-order chi connectivity index (χ1) is 8.19. The summed E-state index contributed by atoms with van der Waals surface area (Å²) >= 11 is 0. The Bertz CT molecular complexity index is 273. The minimum absolute atomic E-state index is 0.00144. The van der Waals surface area contributed by atoms with Gasteiger partial charge in [-0.3, -0.25) is 9.00 Å². The number of likely N-dealkylation sites (N-methyl/N-ethyl adjacent to an activating group) is 1. The number of hydrogen-bond donors (Lipinski definition) is 2. The maximum Gasteiger partial charge on any atom is 0.227 e. The number of ether oxygens (including phenoxy) is 1. The second-order valence-electron chi connectivity index (χ2n) is 4.03. The van der Waals surface area contributed by atoms with Crippen LogP contribution in [-0.4, -0.2) is 54.0 Å². The molecule has 0 aromatic carbocycles. The van der Waals surface area contributed by atoms with Crippen LogP contribution in [0.1, 0.15) is 13.8 Å². The van der Waals surface area contributed by atoms with E-state index in [0.29, 0.717) is 31.3 Å². The van der Waals surface area contributed by atoms with Gasteiger partial charge >= 0.3 is 0 Å². The van der Waals surface area contributed by atoms with Crippen molar-refractivity contribution in [2.75, 3.05) is 37.8 Å². The van der Waals surface area contributed by atoms with E-state index in [1.165, 1.54) is 0 Å². The summed E-state index contributed by atoms with van der Waals surface area (Å²) in [5.74, 6) is 1.05. The van der Waals surface area contributed by atoms with Crippen LogP contribution < -0.4 is 10.6 Å². The fraction of sp³-hybridized carbons (Fsp3) is 0.909. The van der Waals surface area contributed by atoms with Crippen molar-refractivity contribution in [3.05, 3.63) is 0 Å². The molecule has 17 heavy (non-hydrogen) atoms. The molecule has 1 amide bonds. The molecule has 6 heteroatoms. The predicted octanol–water partition coefficient (Wildman–Crippen LogP) is -0.504. The molecule has 1 fully saturated rings. The van der Waals surface area contributed by atoms with Gasteiger partial charge in [0.2, 0.25) is 5.91 Å². The van der Waals surface area contributed by atoms with Gasteiger partial charge in [0.25, 0.3) is 0 Å². The van der Waals surface area contributed by atoms with Gasteiger partial charge in [0.1, 0.15) is 0 Å². The Labute approximate surface area is 105 Å². The van der Waals surface area contributed by atoms with Crippen molar-refractivity contribution >= 4 is 16.7 Å². The van der Waals surface area contributed by atoms with Crippen LogP contribution >= 0.6 is 0 Å². The highest BCUT2D eigenvalue weighted by Crippen LogP contribution is 2.13. The third-order valence-electron chi connectivity index (χ3n) is 2.83. The lowest BCUT2D eigenvalue weighted by Crippen LogP contribution is -2.44. The summed E-state index contributed by atoms with van der Waals surface area (Å²) in [5.41, 5.74) is 0. The molecule has 1 aliphatic heterocycles. The summed E-state index contributed by atoms with van der Waals surface area (Å²) < 4.78 is 16.5. The number of carbonyl (C=O) groups is 1. The van der Waals surface area contributed by atoms with E-state index in [0.717, 1.165) is 6.54 Å². The monoisotopic (exact) mass is 262 g/mol. The first-order valence-electron chi connectivity index (χ1n) is 6.12. The van der Waals surface area contributed by atoms with Crippen LogP contribution in [-0.2, 0) is 20.3 Å². The molecule has 0 aromatic heterocycles. The molecule has 0 saturated carbocycles. The van der Waals surface area contributed by atoms with Crippen molar-refractivity contribution in [2.45, 2.75) is 19.9 Å². The second kappa shape index (κ2) is 7.79. The van der Waals surface area contributed by atoms with Crippen LogP contribution in [0.5, 0.6) is 0 Å². The van der Waals surface area contributed by atoms with E-state index in [1.54, 1.807) is 0 Å². The standard InChI is InChI=1S/C11H22N2O3S/c1-3-12-10-8-16-7-9(10)11(14)13-5-6-17(15)4-2/h9-10,12H,3-8H2,1-2H3,(H,13,14). The Balaban J connectivity index is 2.29. The van der Waals surface area contributed by atoms with Crippen molar-refractivity contribution < 1.29 is 13.7 Å². The van der Waals surface area contributed by atoms with Gasteiger partial charge in [-0.05, 0) is 6.54 Å². The quantitative estimate of drug-likeness (QED) is 0.649. The first-order valence-corrected chi connectivity index (χ1v) is 7.61. The molecule has 3 unspecified atom stereocenters. The molecule has 2 N–H and O–H groups in total. The summed E-state index contributed by atoms with van der Waals surface area (Å²) in [6, 6.07) is 0.108. The minimum Gasteiger partial charge on any atom is -0.379 e. The Hall–Kier alpha value is -0.460. The molecule has 0 spiro atoms. The SMILES string of the molecule is CCNC1COCC1C(=O)NCCS(=O)CC. The normalized spacial score (nSPS) is 25.8. The summed E-state index contributed by atoms with van der Waals surface area (Å²) in [5, 5.41) is 6.07. The maximum absolute atomic E-state index is 11.9. The average molecular weight is 262 g/mol. The molecule has 1 aliphatic rings. The molecular formula is C11H22N2O3S. The largest absolute Gasteiger partial charge is 0.379 e. The fourth-order valence-corrected chi connectivity index (χ4v) is 2.46. The Morgan fingerprint density at radius 1 is 1.41 bits per heavy atom. The van der Waals surface area contributed by atoms with Crippen LogP contribution in [0.4, 0.5) is 0 Å². The first kappa shape index (κ1) is 14.6. The average Bonchev–Trinajstić information content (AvgIpc) is 2.77. The molecule has 1 rings (SSSR count). The number of amides is 1. The van der Waals surface area contributed by atoms with E-state index in [4.69, 9.17) is 4.74 Å². The van der Waals surface area contributed by atoms with Crippen LogP contribution in [0, 0.1) is 5.92 Å². The highest BCUT2D eigenvalue weighted by Gasteiger charge is 2.33. The predicted molar refractivity (Wildman–Crippen MR) is 68.3 cm³/mol. The summed E-state index contributed by atoms with van der Waals surface area (Å²) in [6.45, 7) is 6.26. The van der Waals surface area contributed by atoms with Gasteiger partial charge in [-0.2, -0.15) is 0 Å². The summed E-state index contributed by atoms with van der Waals surface area (Å²) in [6.07, 6.45) is 0. The number of nitrogens with one attached hydrogen (secondary N) is 2. The van der Waals surface area contributed by atoms with Gasteiger partial charge in [0.05, 0.1) is 19.1 Å². The van der Waals surface area contributed by atoms with Gasteiger partial charge < -0.3 is 15.4 Å². The van der Waals surface area contributed by atoms with E-state index in [1.807, 2.05) is 13.8 Å². The van der Waals surface area contributed by atoms with Crippen LogP contribution in [0.25, 0.3) is 0 Å². The zero-order valence-corrected chi connectivity index (χ0v) is 11.3. The van der Waals surface area contributed by atoms with Gasteiger partial charge in [0.15, 0.2) is 0 Å². The molecule has 1 saturated heterocycles. The molecule has 0 aliphatic carbocycles. The molecule has 0 radical (unpaired) electrons. The zero-order valence-electron chi connectivity index (χ0n) is 10.5. The van der Waals surface area contributed by atoms with E-state index >= 15 is 0 Å². The van der Waals surface area contributed by atoms with E-state index in [9.17, 15) is 9.00 Å². The molecular weight excluding hydrogens is 240 g/mol. The highest BCUT2D eigenvalue weighted by atomic mass is 32.2. The van der Waals surface area contributed by atoms with Crippen LogP contribution in [0.15, 0.2) is 0 Å². The number of carbonyl (C=O) groups excluding carboxylic acids is 1. The zero-order chi connectivity index (χ0) is 12.7. The van der Waals surface area contributed by atoms with Gasteiger partial charge in [-0.25, -0.2) is 0 Å². The summed E-state index contributed by atoms with van der Waals surface area (Å²) in [4.78, 5) is 11.9. The Kier molecular flexibility index (Phi) is 6.69. The lowest BCUT2D eigenvalue weighted by atomic mass is 10.0. The molecule has 0 aromatic rings. The van der Waals surface area contributed by atoms with Crippen LogP contribution in [0.3, 0.4) is 0 Å². The van der Waals surface area contributed by atoms with Crippen molar-refractivity contribution in [3.63, 3.8) is 0 Å². The number of rotatable bonds is 7. The third-order valence-corrected chi connectivity index (χ3v) is 4.14. The number of hydrogen-bond acceptors (Lipinski definition) is 4. The van der Waals surface area contributed by atoms with Crippen molar-refractivity contribution in [3.8, 4) is 0 Å². The van der Waals surface area contributed by atoms with E-state index in [2.05, 4.69) is 10.6 Å². The van der Waals surface area contributed by atoms with Gasteiger partial charge in [-0.15, -0.1) is 0 Å². The second-order valence-corrected chi connectivity index (χ2v) is 5.90. The van der Waals surface area contributed by atoms with Crippen molar-refractivity contribution in [2.24, 2.45) is 5.92 Å². The molecule has 100 valence electrons. The summed E-state index contributed by atoms with van der Waals surface area (Å²) in [7, 11) is -0.819. The lowest BCUT2D eigenvalue weighted by molar-refractivity contribution is -0.125. The minimum atomic E-state index is -0.819. The third kappa shape index (κ3) is 4.73. The molecule has 5 nitrogen and oxygen atoms in total. The fourth-order valence-electron chi connectivity index (χ4n) is 1.84. The van der Waals surface area contributed by atoms with Crippen molar-refractivity contribution in [1.29, 1.82) is 0 Å². The van der Waals surface area contributed by atoms with Gasteiger partial charge in [-0.1, -0.05) is 13.8 Å².